The molecule has 1 amide bonds. The van der Waals surface area contributed by atoms with Gasteiger partial charge in [-0.1, -0.05) is 20.8 Å². The van der Waals surface area contributed by atoms with Crippen molar-refractivity contribution in [3.8, 4) is 0 Å². The maximum Gasteiger partial charge on any atom is 0.223 e. The van der Waals surface area contributed by atoms with Gasteiger partial charge in [0.15, 0.2) is 8.32 Å². The largest absolute Gasteiger partial charge is 0.412 e. The molecule has 5 nitrogen and oxygen atoms in total. The second kappa shape index (κ2) is 5.09. The number of carbonyl (C=O) groups is 1. The van der Waals surface area contributed by atoms with E-state index in [0.29, 0.717) is 12.8 Å². The average Bonchev–Trinajstić information content (AvgIpc) is 2.59. The lowest BCUT2D eigenvalue weighted by atomic mass is 9.96. The number of amides is 1. The summed E-state index contributed by atoms with van der Waals surface area (Å²) in [4.78, 5) is 13.5. The first-order chi connectivity index (χ1) is 9.04. The zero-order valence-corrected chi connectivity index (χ0v) is 14.1. The highest BCUT2D eigenvalue weighted by atomic mass is 28.4. The number of aliphatic hydroxyl groups is 2. The van der Waals surface area contributed by atoms with Crippen LogP contribution in [-0.4, -0.2) is 60.2 Å². The molecule has 2 aliphatic rings. The maximum absolute atomic E-state index is 11.9. The van der Waals surface area contributed by atoms with E-state index in [2.05, 4.69) is 33.9 Å². The predicted molar refractivity (Wildman–Crippen MR) is 78.8 cm³/mol. The Hall–Kier alpha value is -0.433. The van der Waals surface area contributed by atoms with Gasteiger partial charge in [0.2, 0.25) is 5.91 Å². The third-order valence-corrected chi connectivity index (χ3v) is 9.59. The van der Waals surface area contributed by atoms with E-state index in [1.165, 1.54) is 0 Å². The van der Waals surface area contributed by atoms with Gasteiger partial charge in [0, 0.05) is 13.0 Å². The number of rotatable bonds is 2. The summed E-state index contributed by atoms with van der Waals surface area (Å²) < 4.78 is 6.40. The van der Waals surface area contributed by atoms with E-state index in [4.69, 9.17) is 4.43 Å². The van der Waals surface area contributed by atoms with Gasteiger partial charge in [0.1, 0.15) is 6.10 Å². The minimum Gasteiger partial charge on any atom is -0.412 e. The van der Waals surface area contributed by atoms with Crippen molar-refractivity contribution >= 4 is 14.2 Å². The summed E-state index contributed by atoms with van der Waals surface area (Å²) in [5.74, 6) is 0.0145. The van der Waals surface area contributed by atoms with Gasteiger partial charge in [-0.15, -0.1) is 0 Å². The van der Waals surface area contributed by atoms with Crippen LogP contribution in [-0.2, 0) is 9.22 Å². The van der Waals surface area contributed by atoms with Gasteiger partial charge in [-0.25, -0.2) is 0 Å². The van der Waals surface area contributed by atoms with Crippen molar-refractivity contribution in [2.24, 2.45) is 0 Å². The van der Waals surface area contributed by atoms with Crippen molar-refractivity contribution < 1.29 is 19.4 Å². The summed E-state index contributed by atoms with van der Waals surface area (Å²) in [6.07, 6.45) is -0.840. The molecule has 0 unspecified atom stereocenters. The zero-order valence-electron chi connectivity index (χ0n) is 13.1. The number of fused-ring (bicyclic) bond motifs is 1. The first-order valence-electron chi connectivity index (χ1n) is 7.38. The minimum absolute atomic E-state index is 0.0145. The number of hydrogen-bond acceptors (Lipinski definition) is 4. The minimum atomic E-state index is -1.96. The monoisotopic (exact) mass is 301 g/mol. The molecular formula is C14H27NO4Si. The Labute approximate surface area is 122 Å². The molecule has 0 radical (unpaired) electrons. The summed E-state index contributed by atoms with van der Waals surface area (Å²) in [5.41, 5.74) is 0. The molecule has 0 bridgehead atoms. The van der Waals surface area contributed by atoms with Gasteiger partial charge in [-0.2, -0.15) is 0 Å². The van der Waals surface area contributed by atoms with Crippen LogP contribution in [0.1, 0.15) is 33.6 Å². The Morgan fingerprint density at radius 3 is 2.45 bits per heavy atom. The lowest BCUT2D eigenvalue weighted by molar-refractivity contribution is -0.140. The van der Waals surface area contributed by atoms with Crippen molar-refractivity contribution in [1.29, 1.82) is 0 Å². The van der Waals surface area contributed by atoms with Crippen molar-refractivity contribution in [2.45, 2.75) is 76.1 Å². The first kappa shape index (κ1) is 15.9. The Balaban J connectivity index is 2.18. The topological polar surface area (TPSA) is 70.0 Å². The van der Waals surface area contributed by atoms with E-state index < -0.39 is 20.5 Å². The fraction of sp³-hybridized carbons (Fsp3) is 0.929. The van der Waals surface area contributed by atoms with Crippen LogP contribution < -0.4 is 0 Å². The number of piperidine rings is 1. The van der Waals surface area contributed by atoms with Crippen LogP contribution in [0.4, 0.5) is 0 Å². The highest BCUT2D eigenvalue weighted by Gasteiger charge is 2.51. The lowest BCUT2D eigenvalue weighted by Crippen LogP contribution is -2.56. The van der Waals surface area contributed by atoms with Crippen LogP contribution >= 0.6 is 0 Å². The van der Waals surface area contributed by atoms with Gasteiger partial charge < -0.3 is 19.5 Å². The van der Waals surface area contributed by atoms with Crippen molar-refractivity contribution in [3.05, 3.63) is 0 Å². The van der Waals surface area contributed by atoms with E-state index in [0.717, 1.165) is 0 Å². The van der Waals surface area contributed by atoms with Crippen molar-refractivity contribution in [1.82, 2.24) is 4.90 Å². The quantitative estimate of drug-likeness (QED) is 0.750. The molecule has 4 atom stereocenters. The van der Waals surface area contributed by atoms with E-state index in [9.17, 15) is 15.0 Å². The van der Waals surface area contributed by atoms with Crippen LogP contribution in [0.2, 0.25) is 18.1 Å². The first-order valence-corrected chi connectivity index (χ1v) is 10.3. The molecule has 0 aliphatic carbocycles. The van der Waals surface area contributed by atoms with E-state index in [-0.39, 0.29) is 29.6 Å². The fourth-order valence-corrected chi connectivity index (χ4v) is 4.16. The summed E-state index contributed by atoms with van der Waals surface area (Å²) in [6.45, 7) is 11.1. The van der Waals surface area contributed by atoms with Crippen molar-refractivity contribution in [2.75, 3.05) is 6.54 Å². The van der Waals surface area contributed by atoms with E-state index in [1.807, 2.05) is 0 Å². The molecule has 0 saturated carbocycles. The molecule has 2 saturated heterocycles. The number of nitrogens with zero attached hydrogens (tertiary/aromatic N) is 1. The van der Waals surface area contributed by atoms with Gasteiger partial charge in [0.25, 0.3) is 0 Å². The van der Waals surface area contributed by atoms with Crippen LogP contribution in [0, 0.1) is 0 Å². The molecule has 0 aromatic carbocycles. The molecule has 2 aliphatic heterocycles. The standard InChI is InChI=1S/C14H27NO4Si/c1-14(2,3)20(4,5)19-10-6-7-11(17)15-8-9(16)13(18)12(10)15/h9-10,12-13,16,18H,6-8H2,1-5H3/t9-,10-,12-,13-/m0/s1. The van der Waals surface area contributed by atoms with Crippen molar-refractivity contribution in [3.63, 3.8) is 0 Å². The summed E-state index contributed by atoms with van der Waals surface area (Å²) in [7, 11) is -1.96. The molecule has 6 heteroatoms. The highest BCUT2D eigenvalue weighted by Crippen LogP contribution is 2.40. The third kappa shape index (κ3) is 2.66. The predicted octanol–water partition coefficient (Wildman–Crippen LogP) is 1.10. The molecule has 2 N–H and O–H groups in total. The van der Waals surface area contributed by atoms with E-state index in [1.54, 1.807) is 4.90 Å². The molecule has 0 spiro atoms. The molecule has 116 valence electrons. The Bertz CT molecular complexity index is 393. The maximum atomic E-state index is 11.9. The number of aliphatic hydroxyl groups excluding tert-OH is 2. The summed E-state index contributed by atoms with van der Waals surface area (Å²) in [6, 6.07) is -0.389. The molecule has 2 heterocycles. The van der Waals surface area contributed by atoms with Crippen LogP contribution in [0.15, 0.2) is 0 Å². The molecule has 2 fully saturated rings. The summed E-state index contributed by atoms with van der Waals surface area (Å²) >= 11 is 0. The zero-order chi connectivity index (χ0) is 15.3. The van der Waals surface area contributed by atoms with Gasteiger partial charge in [-0.05, 0) is 24.6 Å². The SMILES string of the molecule is CC(C)(C)[Si](C)(C)O[C@H]1CCC(=O)N2C[C@H](O)[C@H](O)[C@H]12. The third-order valence-electron chi connectivity index (χ3n) is 5.08. The fourth-order valence-electron chi connectivity index (χ4n) is 2.80. The van der Waals surface area contributed by atoms with Gasteiger partial charge in [-0.3, -0.25) is 4.79 Å². The molecule has 0 aromatic heterocycles. The smallest absolute Gasteiger partial charge is 0.223 e. The summed E-state index contributed by atoms with van der Waals surface area (Å²) in [5, 5.41) is 20.1. The molecule has 0 aromatic rings. The van der Waals surface area contributed by atoms with Crippen LogP contribution in [0.25, 0.3) is 0 Å². The Morgan fingerprint density at radius 2 is 1.90 bits per heavy atom. The second-order valence-electron chi connectivity index (χ2n) is 7.55. The van der Waals surface area contributed by atoms with E-state index >= 15 is 0 Å². The Kier molecular flexibility index (Phi) is 4.05. The highest BCUT2D eigenvalue weighted by molar-refractivity contribution is 6.74. The average molecular weight is 301 g/mol. The molecule has 20 heavy (non-hydrogen) atoms. The molecule has 2 rings (SSSR count). The lowest BCUT2D eigenvalue weighted by Gasteiger charge is -2.45. The second-order valence-corrected chi connectivity index (χ2v) is 12.3. The van der Waals surface area contributed by atoms with Gasteiger partial charge >= 0.3 is 0 Å². The van der Waals surface area contributed by atoms with Gasteiger partial charge in [0.05, 0.1) is 18.2 Å². The number of carbonyl (C=O) groups excluding carboxylic acids is 1. The van der Waals surface area contributed by atoms with Crippen LogP contribution in [0.3, 0.4) is 0 Å². The number of hydrogen-bond donors (Lipinski definition) is 2. The van der Waals surface area contributed by atoms with Crippen LogP contribution in [0.5, 0.6) is 0 Å². The normalized spacial score (nSPS) is 35.4. The molecular weight excluding hydrogens is 274 g/mol. The Morgan fingerprint density at radius 1 is 1.30 bits per heavy atom.